The van der Waals surface area contributed by atoms with Crippen LogP contribution < -0.4 is 21.8 Å². The summed E-state index contributed by atoms with van der Waals surface area (Å²) in [4.78, 5) is 79.9. The molecular weight excluding hydrogens is 370 g/mol. The van der Waals surface area contributed by atoms with Crippen molar-refractivity contribution in [1.82, 2.24) is 21.0 Å². The third-order valence-corrected chi connectivity index (χ3v) is 3.26. The molecule has 6 N–H and O–H groups in total. The topological polar surface area (TPSA) is 206 Å². The van der Waals surface area contributed by atoms with E-state index in [2.05, 4.69) is 27.4 Å². The first-order valence-corrected chi connectivity index (χ1v) is 7.21. The molecule has 1 saturated heterocycles. The van der Waals surface area contributed by atoms with E-state index in [9.17, 15) is 28.8 Å². The highest BCUT2D eigenvalue weighted by atomic mass is 16.8. The Labute approximate surface area is 151 Å². The van der Waals surface area contributed by atoms with Gasteiger partial charge in [-0.3, -0.25) is 34.1 Å². The molecule has 1 aliphatic heterocycles. The van der Waals surface area contributed by atoms with Gasteiger partial charge in [0, 0.05) is 0 Å². The molecule has 14 heteroatoms. The summed E-state index contributed by atoms with van der Waals surface area (Å²) in [5, 5.41) is 15.6. The SMILES string of the molecule is C=C(ON)ON1CC(=O)NCC(=O)NCC(=O)C1(NCC(=O)O)C(=O)C=O. The van der Waals surface area contributed by atoms with Crippen LogP contribution >= 0.6 is 0 Å². The number of carbonyl (C=O) groups excluding carboxylic acids is 5. The van der Waals surface area contributed by atoms with Gasteiger partial charge in [0.2, 0.25) is 23.3 Å². The summed E-state index contributed by atoms with van der Waals surface area (Å²) >= 11 is 0. The van der Waals surface area contributed by atoms with Crippen LogP contribution in [0.2, 0.25) is 0 Å². The molecule has 1 rings (SSSR count). The molecule has 0 bridgehead atoms. The lowest BCUT2D eigenvalue weighted by atomic mass is 9.97. The van der Waals surface area contributed by atoms with E-state index >= 15 is 0 Å². The van der Waals surface area contributed by atoms with Gasteiger partial charge in [-0.05, 0) is 6.58 Å². The van der Waals surface area contributed by atoms with Crippen LogP contribution in [0.5, 0.6) is 0 Å². The number of aliphatic carboxylic acids is 1. The maximum Gasteiger partial charge on any atom is 0.317 e. The Bertz CT molecular complexity index is 679. The first-order valence-electron chi connectivity index (χ1n) is 7.21. The summed E-state index contributed by atoms with van der Waals surface area (Å²) in [6.07, 6.45) is -0.277. The van der Waals surface area contributed by atoms with Gasteiger partial charge in [-0.1, -0.05) is 5.06 Å². The van der Waals surface area contributed by atoms with Crippen LogP contribution in [0.3, 0.4) is 0 Å². The van der Waals surface area contributed by atoms with E-state index in [0.717, 1.165) is 0 Å². The number of rotatable bonds is 8. The first-order chi connectivity index (χ1) is 12.7. The van der Waals surface area contributed by atoms with Crippen LogP contribution in [0, 0.1) is 0 Å². The van der Waals surface area contributed by atoms with Crippen molar-refractivity contribution in [2.45, 2.75) is 5.66 Å². The monoisotopic (exact) mass is 387 g/mol. The van der Waals surface area contributed by atoms with E-state index in [0.29, 0.717) is 5.06 Å². The van der Waals surface area contributed by atoms with Crippen molar-refractivity contribution in [3.05, 3.63) is 12.5 Å². The molecule has 0 aromatic carbocycles. The van der Waals surface area contributed by atoms with Crippen molar-refractivity contribution in [2.24, 2.45) is 5.90 Å². The maximum atomic E-state index is 12.7. The van der Waals surface area contributed by atoms with Gasteiger partial charge in [0.25, 0.3) is 0 Å². The lowest BCUT2D eigenvalue weighted by Crippen LogP contribution is -2.72. The minimum absolute atomic E-state index is 0.277. The van der Waals surface area contributed by atoms with Gasteiger partial charge >= 0.3 is 11.9 Å². The van der Waals surface area contributed by atoms with E-state index in [1.807, 2.05) is 0 Å². The molecule has 0 radical (unpaired) electrons. The Morgan fingerprint density at radius 3 is 2.48 bits per heavy atom. The largest absolute Gasteiger partial charge is 0.480 e. The lowest BCUT2D eigenvalue weighted by molar-refractivity contribution is -0.226. The number of nitrogens with zero attached hydrogens (tertiary/aromatic N) is 1. The summed E-state index contributed by atoms with van der Waals surface area (Å²) < 4.78 is 0. The first kappa shape index (κ1) is 21.7. The number of carboxylic acid groups (broad SMARTS) is 1. The summed E-state index contributed by atoms with van der Waals surface area (Å²) in [5.74, 6) is -1.68. The molecule has 1 heterocycles. The second-order valence-corrected chi connectivity index (χ2v) is 5.03. The van der Waals surface area contributed by atoms with Gasteiger partial charge in [0.15, 0.2) is 12.1 Å². The normalized spacial score (nSPS) is 21.4. The Morgan fingerprint density at radius 1 is 1.30 bits per heavy atom. The molecule has 0 saturated carbocycles. The van der Waals surface area contributed by atoms with Crippen LogP contribution in [0.4, 0.5) is 0 Å². The van der Waals surface area contributed by atoms with Crippen molar-refractivity contribution < 1.29 is 43.5 Å². The number of carbonyl (C=O) groups is 6. The molecule has 1 unspecified atom stereocenters. The average molecular weight is 387 g/mol. The van der Waals surface area contributed by atoms with Crippen molar-refractivity contribution in [1.29, 1.82) is 0 Å². The van der Waals surface area contributed by atoms with Gasteiger partial charge in [0.05, 0.1) is 19.6 Å². The van der Waals surface area contributed by atoms with Crippen LogP contribution in [-0.4, -0.2) is 77.6 Å². The molecule has 0 spiro atoms. The Morgan fingerprint density at radius 2 is 1.93 bits per heavy atom. The van der Waals surface area contributed by atoms with E-state index in [4.69, 9.17) is 15.8 Å². The molecule has 14 nitrogen and oxygen atoms in total. The number of aldehydes is 1. The number of nitrogens with one attached hydrogen (secondary N) is 3. The quantitative estimate of drug-likeness (QED) is 0.0878. The summed E-state index contributed by atoms with van der Waals surface area (Å²) in [6, 6.07) is 0. The number of hydroxylamine groups is 2. The van der Waals surface area contributed by atoms with E-state index in [1.54, 1.807) is 0 Å². The fourth-order valence-corrected chi connectivity index (χ4v) is 2.06. The van der Waals surface area contributed by atoms with E-state index in [-0.39, 0.29) is 6.29 Å². The third kappa shape index (κ3) is 5.30. The van der Waals surface area contributed by atoms with Crippen LogP contribution in [0.1, 0.15) is 0 Å². The number of ketones is 2. The zero-order chi connectivity index (χ0) is 20.6. The van der Waals surface area contributed by atoms with Crippen LogP contribution in [0.15, 0.2) is 12.5 Å². The molecule has 27 heavy (non-hydrogen) atoms. The summed E-state index contributed by atoms with van der Waals surface area (Å²) in [5.41, 5.74) is -2.79. The zero-order valence-electron chi connectivity index (χ0n) is 13.9. The molecule has 1 aliphatic rings. The number of nitrogens with two attached hydrogens (primary N) is 1. The van der Waals surface area contributed by atoms with Crippen molar-refractivity contribution in [2.75, 3.05) is 26.2 Å². The Kier molecular flexibility index (Phi) is 7.52. The van der Waals surface area contributed by atoms with Crippen molar-refractivity contribution in [3.63, 3.8) is 0 Å². The third-order valence-electron chi connectivity index (χ3n) is 3.26. The van der Waals surface area contributed by atoms with Crippen LogP contribution in [-0.2, 0) is 38.4 Å². The smallest absolute Gasteiger partial charge is 0.317 e. The maximum absolute atomic E-state index is 12.7. The number of hydrogen-bond acceptors (Lipinski definition) is 11. The van der Waals surface area contributed by atoms with Gasteiger partial charge in [-0.15, -0.1) is 0 Å². The lowest BCUT2D eigenvalue weighted by Gasteiger charge is -2.38. The molecular formula is C13H17N5O9. The molecule has 148 valence electrons. The molecule has 0 aromatic rings. The Balaban J connectivity index is 3.51. The fourth-order valence-electron chi connectivity index (χ4n) is 2.06. The number of Topliss-reactive ketones (excluding diaryl/α,β-unsaturated/α-hetero) is 2. The van der Waals surface area contributed by atoms with Gasteiger partial charge in [0.1, 0.15) is 6.54 Å². The second kappa shape index (κ2) is 9.37. The average Bonchev–Trinajstić information content (AvgIpc) is 2.63. The molecule has 2 amide bonds. The number of hydrogen-bond donors (Lipinski definition) is 5. The Hall–Kier alpha value is -3.36. The van der Waals surface area contributed by atoms with E-state index < -0.39 is 67.1 Å². The summed E-state index contributed by atoms with van der Waals surface area (Å²) in [6.45, 7) is 0.0436. The molecule has 0 aliphatic carbocycles. The van der Waals surface area contributed by atoms with Crippen molar-refractivity contribution >= 4 is 35.6 Å². The standard InChI is InChI=1S/C13H17N5O9/c1-7(26-14)27-18-5-11(23)16-3-10(22)15-2-8(20)13(18,9(21)6-19)17-4-12(24)25/h6,17H,1-5,14H2,(H,15,22)(H,16,23)(H,24,25). The van der Waals surface area contributed by atoms with Gasteiger partial charge in [-0.2, -0.15) is 5.90 Å². The molecule has 1 atom stereocenters. The predicted octanol–water partition coefficient (Wildman–Crippen LogP) is -4.46. The van der Waals surface area contributed by atoms with Gasteiger partial charge in [-0.25, -0.2) is 0 Å². The van der Waals surface area contributed by atoms with E-state index in [1.165, 1.54) is 0 Å². The zero-order valence-corrected chi connectivity index (χ0v) is 13.9. The highest BCUT2D eigenvalue weighted by Gasteiger charge is 2.53. The fraction of sp³-hybridized carbons (Fsp3) is 0.385. The minimum atomic E-state index is -2.79. The molecule has 0 aromatic heterocycles. The van der Waals surface area contributed by atoms with Crippen molar-refractivity contribution in [3.8, 4) is 0 Å². The second-order valence-electron chi connectivity index (χ2n) is 5.03. The minimum Gasteiger partial charge on any atom is -0.480 e. The molecule has 1 fully saturated rings. The highest BCUT2D eigenvalue weighted by molar-refractivity contribution is 6.36. The van der Waals surface area contributed by atoms with Gasteiger partial charge < -0.3 is 25.4 Å². The summed E-state index contributed by atoms with van der Waals surface area (Å²) in [7, 11) is 0. The predicted molar refractivity (Wildman–Crippen MR) is 82.7 cm³/mol. The number of amides is 2. The number of carboxylic acids is 1. The van der Waals surface area contributed by atoms with Crippen LogP contribution in [0.25, 0.3) is 0 Å². The highest BCUT2D eigenvalue weighted by Crippen LogP contribution is 2.18.